The van der Waals surface area contributed by atoms with Crippen LogP contribution >= 0.6 is 0 Å². The van der Waals surface area contributed by atoms with Gasteiger partial charge in [0, 0.05) is 30.7 Å². The van der Waals surface area contributed by atoms with Crippen LogP contribution in [0, 0.1) is 5.92 Å². The van der Waals surface area contributed by atoms with E-state index in [9.17, 15) is 18.3 Å². The lowest BCUT2D eigenvalue weighted by Crippen LogP contribution is -2.37. The predicted molar refractivity (Wildman–Crippen MR) is 116 cm³/mol. The van der Waals surface area contributed by atoms with Gasteiger partial charge in [0.25, 0.3) is 0 Å². The molecule has 6 nitrogen and oxygen atoms in total. The second kappa shape index (κ2) is 8.71. The molecule has 0 radical (unpaired) electrons. The number of carboxylic acids is 1. The number of sulfonamides is 1. The van der Waals surface area contributed by atoms with E-state index in [2.05, 4.69) is 4.90 Å². The average Bonchev–Trinajstić information content (AvgIpc) is 3.25. The van der Waals surface area contributed by atoms with Gasteiger partial charge in [-0.05, 0) is 56.2 Å². The number of allylic oxidation sites excluding steroid dienone is 1. The van der Waals surface area contributed by atoms with Gasteiger partial charge in [0.15, 0.2) is 0 Å². The Morgan fingerprint density at radius 1 is 1.07 bits per heavy atom. The highest BCUT2D eigenvalue weighted by atomic mass is 32.2. The van der Waals surface area contributed by atoms with Gasteiger partial charge in [-0.1, -0.05) is 37.5 Å². The van der Waals surface area contributed by atoms with E-state index in [-0.39, 0.29) is 12.6 Å². The highest BCUT2D eigenvalue weighted by molar-refractivity contribution is 7.89. The second-order valence-electron chi connectivity index (χ2n) is 8.84. The minimum Gasteiger partial charge on any atom is -0.480 e. The molecular weight excluding hydrogens is 400 g/mol. The maximum absolute atomic E-state index is 13.3. The monoisotopic (exact) mass is 432 g/mol. The Kier molecular flexibility index (Phi) is 6.21. The predicted octanol–water partition coefficient (Wildman–Crippen LogP) is 3.64. The van der Waals surface area contributed by atoms with Gasteiger partial charge in [0.2, 0.25) is 10.0 Å². The topological polar surface area (TPSA) is 77.9 Å². The molecule has 3 aliphatic rings. The third kappa shape index (κ3) is 4.02. The van der Waals surface area contributed by atoms with Crippen molar-refractivity contribution in [2.75, 3.05) is 19.6 Å². The van der Waals surface area contributed by atoms with E-state index in [1.54, 1.807) is 16.4 Å². The Morgan fingerprint density at radius 3 is 2.50 bits per heavy atom. The van der Waals surface area contributed by atoms with Gasteiger partial charge in [-0.3, -0.25) is 4.79 Å². The molecule has 0 amide bonds. The number of hydrogen-bond acceptors (Lipinski definition) is 4. The van der Waals surface area contributed by atoms with E-state index >= 15 is 0 Å². The Hall–Kier alpha value is -1.86. The fourth-order valence-corrected chi connectivity index (χ4v) is 7.32. The quantitative estimate of drug-likeness (QED) is 0.743. The lowest BCUT2D eigenvalue weighted by Gasteiger charge is -2.29. The molecule has 0 spiro atoms. The van der Waals surface area contributed by atoms with Gasteiger partial charge >= 0.3 is 5.97 Å². The molecule has 0 bridgehead atoms. The summed E-state index contributed by atoms with van der Waals surface area (Å²) in [5.74, 6) is -0.495. The van der Waals surface area contributed by atoms with Gasteiger partial charge in [-0.15, -0.1) is 0 Å². The molecule has 4 rings (SSSR count). The maximum Gasteiger partial charge on any atom is 0.323 e. The van der Waals surface area contributed by atoms with Gasteiger partial charge in [-0.25, -0.2) is 8.42 Å². The third-order valence-corrected chi connectivity index (χ3v) is 9.06. The Labute approximate surface area is 179 Å². The van der Waals surface area contributed by atoms with Crippen LogP contribution in [-0.2, 0) is 21.2 Å². The third-order valence-electron chi connectivity index (χ3n) is 7.06. The zero-order chi connectivity index (χ0) is 21.3. The molecule has 1 aromatic rings. The fourth-order valence-electron chi connectivity index (χ4n) is 5.58. The Balaban J connectivity index is 1.69. The number of benzene rings is 1. The first-order valence-corrected chi connectivity index (χ1v) is 12.6. The van der Waals surface area contributed by atoms with Crippen LogP contribution < -0.4 is 0 Å². The molecule has 1 aromatic carbocycles. The van der Waals surface area contributed by atoms with Crippen LogP contribution in [0.3, 0.4) is 0 Å². The normalized spacial score (nSPS) is 25.4. The van der Waals surface area contributed by atoms with Crippen molar-refractivity contribution < 1.29 is 18.3 Å². The smallest absolute Gasteiger partial charge is 0.323 e. The molecule has 2 aliphatic heterocycles. The molecule has 1 saturated heterocycles. The van der Waals surface area contributed by atoms with Crippen molar-refractivity contribution in [3.05, 3.63) is 41.1 Å². The number of aliphatic carboxylic acids is 1. The first kappa shape index (κ1) is 21.4. The summed E-state index contributed by atoms with van der Waals surface area (Å²) >= 11 is 0. The maximum atomic E-state index is 13.3. The van der Waals surface area contributed by atoms with Gasteiger partial charge in [0.05, 0.1) is 4.90 Å². The summed E-state index contributed by atoms with van der Waals surface area (Å²) in [5.41, 5.74) is 3.09. The molecule has 7 heteroatoms. The Bertz CT molecular complexity index is 934. The lowest BCUT2D eigenvalue weighted by molar-refractivity contribution is -0.138. The van der Waals surface area contributed by atoms with Crippen LogP contribution in [0.2, 0.25) is 0 Å². The van der Waals surface area contributed by atoms with E-state index in [1.807, 2.05) is 19.1 Å². The lowest BCUT2D eigenvalue weighted by atomic mass is 9.86. The molecule has 1 saturated carbocycles. The SMILES string of the molecule is CC1=C(Cc2ccccc2S(=O)(=O)N2CCCC2)C2CCCCCC2N1CC(=O)O. The van der Waals surface area contributed by atoms with E-state index in [1.165, 1.54) is 12.0 Å². The van der Waals surface area contributed by atoms with Crippen molar-refractivity contribution >= 4 is 16.0 Å². The van der Waals surface area contributed by atoms with Crippen molar-refractivity contribution in [1.29, 1.82) is 0 Å². The molecule has 2 atom stereocenters. The second-order valence-corrected chi connectivity index (χ2v) is 10.7. The van der Waals surface area contributed by atoms with Gasteiger partial charge < -0.3 is 10.0 Å². The van der Waals surface area contributed by atoms with Crippen LogP contribution in [0.1, 0.15) is 57.4 Å². The van der Waals surface area contributed by atoms with Crippen LogP contribution in [0.25, 0.3) is 0 Å². The fraction of sp³-hybridized carbons (Fsp3) is 0.609. The van der Waals surface area contributed by atoms with Crippen LogP contribution in [-0.4, -0.2) is 54.4 Å². The zero-order valence-electron chi connectivity index (χ0n) is 17.7. The molecule has 1 N–H and O–H groups in total. The van der Waals surface area contributed by atoms with Crippen LogP contribution in [0.5, 0.6) is 0 Å². The van der Waals surface area contributed by atoms with Crippen molar-refractivity contribution in [2.45, 2.75) is 69.2 Å². The minimum atomic E-state index is -3.49. The van der Waals surface area contributed by atoms with Crippen molar-refractivity contribution in [1.82, 2.24) is 9.21 Å². The molecule has 164 valence electrons. The van der Waals surface area contributed by atoms with Crippen molar-refractivity contribution in [2.24, 2.45) is 5.92 Å². The molecule has 1 aliphatic carbocycles. The minimum absolute atomic E-state index is 0.0181. The highest BCUT2D eigenvalue weighted by Crippen LogP contribution is 2.43. The number of rotatable bonds is 6. The molecular formula is C23H32N2O4S. The molecule has 2 unspecified atom stereocenters. The van der Waals surface area contributed by atoms with Crippen molar-refractivity contribution in [3.8, 4) is 0 Å². The Morgan fingerprint density at radius 2 is 1.77 bits per heavy atom. The summed E-state index contributed by atoms with van der Waals surface area (Å²) < 4.78 is 28.2. The van der Waals surface area contributed by atoms with E-state index in [0.717, 1.165) is 49.8 Å². The largest absolute Gasteiger partial charge is 0.480 e. The number of hydrogen-bond donors (Lipinski definition) is 1. The molecule has 30 heavy (non-hydrogen) atoms. The molecule has 0 aromatic heterocycles. The number of carboxylic acid groups (broad SMARTS) is 1. The van der Waals surface area contributed by atoms with Gasteiger partial charge in [0.1, 0.15) is 6.54 Å². The number of carbonyl (C=O) groups is 1. The van der Waals surface area contributed by atoms with Crippen molar-refractivity contribution in [3.63, 3.8) is 0 Å². The summed E-state index contributed by atoms with van der Waals surface area (Å²) in [4.78, 5) is 14.0. The first-order valence-electron chi connectivity index (χ1n) is 11.2. The summed E-state index contributed by atoms with van der Waals surface area (Å²) in [6, 6.07) is 7.58. The summed E-state index contributed by atoms with van der Waals surface area (Å²) in [6.45, 7) is 3.22. The molecule has 2 fully saturated rings. The van der Waals surface area contributed by atoms with Crippen LogP contribution in [0.15, 0.2) is 40.4 Å². The summed E-state index contributed by atoms with van der Waals surface area (Å²) in [7, 11) is -3.49. The summed E-state index contributed by atoms with van der Waals surface area (Å²) in [5, 5.41) is 9.45. The number of nitrogens with zero attached hydrogens (tertiary/aromatic N) is 2. The zero-order valence-corrected chi connectivity index (χ0v) is 18.5. The van der Waals surface area contributed by atoms with E-state index < -0.39 is 16.0 Å². The average molecular weight is 433 g/mol. The standard InChI is InChI=1S/C23H32N2O4S/c1-17-20(19-10-3-2-4-11-21(19)25(17)16-23(26)27)15-18-9-5-6-12-22(18)30(28,29)24-13-7-8-14-24/h5-6,9,12,19,21H,2-4,7-8,10-11,13-16H2,1H3,(H,26,27). The first-order chi connectivity index (χ1) is 14.4. The van der Waals surface area contributed by atoms with E-state index in [4.69, 9.17) is 0 Å². The number of fused-ring (bicyclic) bond motifs is 1. The highest BCUT2D eigenvalue weighted by Gasteiger charge is 2.40. The summed E-state index contributed by atoms with van der Waals surface area (Å²) in [6.07, 6.45) is 7.91. The van der Waals surface area contributed by atoms with Gasteiger partial charge in [-0.2, -0.15) is 4.31 Å². The van der Waals surface area contributed by atoms with Crippen LogP contribution in [0.4, 0.5) is 0 Å². The molecule has 2 heterocycles. The van der Waals surface area contributed by atoms with E-state index in [0.29, 0.717) is 30.3 Å².